The lowest BCUT2D eigenvalue weighted by Gasteiger charge is -2.40. The first-order chi connectivity index (χ1) is 9.13. The van der Waals surface area contributed by atoms with Crippen LogP contribution in [0, 0.1) is 5.92 Å². The molecule has 1 N–H and O–H groups in total. The van der Waals surface area contributed by atoms with Gasteiger partial charge in [-0.3, -0.25) is 4.90 Å². The first kappa shape index (κ1) is 15.3. The molecule has 3 unspecified atom stereocenters. The Labute approximate surface area is 119 Å². The van der Waals surface area contributed by atoms with Gasteiger partial charge in [0.2, 0.25) is 0 Å². The lowest BCUT2D eigenvalue weighted by atomic mass is 9.86. The van der Waals surface area contributed by atoms with Crippen molar-refractivity contribution in [1.29, 1.82) is 0 Å². The second-order valence-electron chi connectivity index (χ2n) is 6.86. The molecule has 2 rings (SSSR count). The molecule has 2 fully saturated rings. The Morgan fingerprint density at radius 2 is 2.05 bits per heavy atom. The van der Waals surface area contributed by atoms with Crippen molar-refractivity contribution in [3.8, 4) is 0 Å². The van der Waals surface area contributed by atoms with E-state index in [9.17, 15) is 0 Å². The van der Waals surface area contributed by atoms with E-state index in [0.29, 0.717) is 0 Å². The summed E-state index contributed by atoms with van der Waals surface area (Å²) in [5.74, 6) is 0.861. The summed E-state index contributed by atoms with van der Waals surface area (Å²) in [5.41, 5.74) is 0.0797. The predicted octanol–water partition coefficient (Wildman–Crippen LogP) is 2.66. The van der Waals surface area contributed by atoms with Gasteiger partial charge in [-0.15, -0.1) is 0 Å². The van der Waals surface area contributed by atoms with Crippen molar-refractivity contribution < 1.29 is 4.74 Å². The zero-order chi connectivity index (χ0) is 13.7. The van der Waals surface area contributed by atoms with Crippen molar-refractivity contribution in [2.45, 2.75) is 64.0 Å². The van der Waals surface area contributed by atoms with Gasteiger partial charge >= 0.3 is 0 Å². The Kier molecular flexibility index (Phi) is 5.67. The average molecular weight is 268 g/mol. The molecule has 1 aliphatic carbocycles. The zero-order valence-electron chi connectivity index (χ0n) is 13.1. The topological polar surface area (TPSA) is 24.5 Å². The predicted molar refractivity (Wildman–Crippen MR) is 80.5 cm³/mol. The van der Waals surface area contributed by atoms with Gasteiger partial charge in [-0.05, 0) is 45.1 Å². The highest BCUT2D eigenvalue weighted by atomic mass is 16.5. The van der Waals surface area contributed by atoms with E-state index >= 15 is 0 Å². The number of methoxy groups -OCH3 is 1. The SMILES string of the molecule is COC1(C)CCCN(CCNC2CCCCC2C)C1. The van der Waals surface area contributed by atoms with Gasteiger partial charge in [0.15, 0.2) is 0 Å². The molecule has 0 aromatic heterocycles. The van der Waals surface area contributed by atoms with Crippen LogP contribution in [0.25, 0.3) is 0 Å². The van der Waals surface area contributed by atoms with Crippen LogP contribution in [0.2, 0.25) is 0 Å². The van der Waals surface area contributed by atoms with Gasteiger partial charge in [0.1, 0.15) is 0 Å². The maximum absolute atomic E-state index is 5.66. The zero-order valence-corrected chi connectivity index (χ0v) is 13.1. The molecule has 0 spiro atoms. The number of hydrogen-bond acceptors (Lipinski definition) is 3. The fourth-order valence-corrected chi connectivity index (χ4v) is 3.69. The molecular formula is C16H32N2O. The summed E-state index contributed by atoms with van der Waals surface area (Å²) in [6.45, 7) is 9.28. The van der Waals surface area contributed by atoms with E-state index < -0.39 is 0 Å². The molecule has 1 saturated heterocycles. The highest BCUT2D eigenvalue weighted by Gasteiger charge is 2.30. The molecule has 0 radical (unpaired) electrons. The average Bonchev–Trinajstić information content (AvgIpc) is 2.41. The van der Waals surface area contributed by atoms with Crippen molar-refractivity contribution in [3.05, 3.63) is 0 Å². The van der Waals surface area contributed by atoms with Crippen LogP contribution in [-0.2, 0) is 4.74 Å². The van der Waals surface area contributed by atoms with Gasteiger partial charge in [-0.2, -0.15) is 0 Å². The normalized spacial score (nSPS) is 37.4. The molecule has 3 nitrogen and oxygen atoms in total. The third-order valence-corrected chi connectivity index (χ3v) is 5.18. The van der Waals surface area contributed by atoms with E-state index in [4.69, 9.17) is 4.74 Å². The van der Waals surface area contributed by atoms with Gasteiger partial charge in [0, 0.05) is 32.8 Å². The molecule has 112 valence electrons. The molecule has 1 saturated carbocycles. The summed E-state index contributed by atoms with van der Waals surface area (Å²) < 4.78 is 5.66. The summed E-state index contributed by atoms with van der Waals surface area (Å²) in [6.07, 6.45) is 8.09. The minimum Gasteiger partial charge on any atom is -0.377 e. The number of ether oxygens (including phenoxy) is 1. The number of rotatable bonds is 5. The molecule has 1 heterocycles. The van der Waals surface area contributed by atoms with Gasteiger partial charge in [0.25, 0.3) is 0 Å². The third-order valence-electron chi connectivity index (χ3n) is 5.18. The molecule has 2 aliphatic rings. The Balaban J connectivity index is 1.67. The van der Waals surface area contributed by atoms with Crippen molar-refractivity contribution in [2.24, 2.45) is 5.92 Å². The molecular weight excluding hydrogens is 236 g/mol. The fraction of sp³-hybridized carbons (Fsp3) is 1.00. The molecule has 0 aromatic rings. The quantitative estimate of drug-likeness (QED) is 0.829. The second kappa shape index (κ2) is 7.05. The van der Waals surface area contributed by atoms with Gasteiger partial charge in [0.05, 0.1) is 5.60 Å². The number of nitrogens with one attached hydrogen (secondary N) is 1. The van der Waals surface area contributed by atoms with Crippen molar-refractivity contribution in [1.82, 2.24) is 10.2 Å². The first-order valence-electron chi connectivity index (χ1n) is 8.14. The Morgan fingerprint density at radius 3 is 2.79 bits per heavy atom. The van der Waals surface area contributed by atoms with E-state index in [0.717, 1.165) is 25.0 Å². The van der Waals surface area contributed by atoms with Gasteiger partial charge in [-0.25, -0.2) is 0 Å². The molecule has 0 bridgehead atoms. The van der Waals surface area contributed by atoms with Crippen molar-refractivity contribution in [2.75, 3.05) is 33.3 Å². The minimum absolute atomic E-state index is 0.0797. The summed E-state index contributed by atoms with van der Waals surface area (Å²) >= 11 is 0. The van der Waals surface area contributed by atoms with E-state index in [2.05, 4.69) is 24.1 Å². The van der Waals surface area contributed by atoms with Crippen LogP contribution in [0.15, 0.2) is 0 Å². The second-order valence-corrected chi connectivity index (χ2v) is 6.86. The lowest BCUT2D eigenvalue weighted by molar-refractivity contribution is -0.0504. The highest BCUT2D eigenvalue weighted by Crippen LogP contribution is 2.25. The Bertz CT molecular complexity index is 271. The fourth-order valence-electron chi connectivity index (χ4n) is 3.69. The molecule has 0 aromatic carbocycles. The summed E-state index contributed by atoms with van der Waals surface area (Å²) in [5, 5.41) is 3.78. The molecule has 19 heavy (non-hydrogen) atoms. The van der Waals surface area contributed by atoms with Crippen LogP contribution in [0.3, 0.4) is 0 Å². The summed E-state index contributed by atoms with van der Waals surface area (Å²) in [7, 11) is 1.85. The summed E-state index contributed by atoms with van der Waals surface area (Å²) in [4.78, 5) is 2.56. The van der Waals surface area contributed by atoms with Crippen molar-refractivity contribution >= 4 is 0 Å². The number of piperidine rings is 1. The van der Waals surface area contributed by atoms with Gasteiger partial charge in [-0.1, -0.05) is 19.8 Å². The van der Waals surface area contributed by atoms with E-state index in [1.165, 1.54) is 51.6 Å². The maximum Gasteiger partial charge on any atom is 0.0777 e. The number of likely N-dealkylation sites (tertiary alicyclic amines) is 1. The molecule has 1 aliphatic heterocycles. The molecule has 3 atom stereocenters. The third kappa shape index (κ3) is 4.44. The smallest absolute Gasteiger partial charge is 0.0777 e. The van der Waals surface area contributed by atoms with E-state index in [1.54, 1.807) is 0 Å². The monoisotopic (exact) mass is 268 g/mol. The largest absolute Gasteiger partial charge is 0.377 e. The van der Waals surface area contributed by atoms with Crippen molar-refractivity contribution in [3.63, 3.8) is 0 Å². The Morgan fingerprint density at radius 1 is 1.26 bits per heavy atom. The van der Waals surface area contributed by atoms with Gasteiger partial charge < -0.3 is 10.1 Å². The van der Waals surface area contributed by atoms with E-state index in [1.807, 2.05) is 7.11 Å². The van der Waals surface area contributed by atoms with Crippen LogP contribution in [0.1, 0.15) is 52.4 Å². The van der Waals surface area contributed by atoms with Crippen LogP contribution < -0.4 is 5.32 Å². The summed E-state index contributed by atoms with van der Waals surface area (Å²) in [6, 6.07) is 0.757. The Hall–Kier alpha value is -0.120. The highest BCUT2D eigenvalue weighted by molar-refractivity contribution is 4.85. The van der Waals surface area contributed by atoms with E-state index in [-0.39, 0.29) is 5.60 Å². The van der Waals surface area contributed by atoms with Crippen LogP contribution in [0.5, 0.6) is 0 Å². The first-order valence-corrected chi connectivity index (χ1v) is 8.14. The van der Waals surface area contributed by atoms with Crippen LogP contribution in [-0.4, -0.2) is 49.8 Å². The standard InChI is InChI=1S/C16H32N2O/c1-14-7-4-5-8-15(14)17-10-12-18-11-6-9-16(2,13-18)19-3/h14-15,17H,4-13H2,1-3H3. The molecule has 0 amide bonds. The lowest BCUT2D eigenvalue weighted by Crippen LogP contribution is -2.50. The van der Waals surface area contributed by atoms with Crippen LogP contribution in [0.4, 0.5) is 0 Å². The number of nitrogens with zero attached hydrogens (tertiary/aromatic N) is 1. The maximum atomic E-state index is 5.66. The number of hydrogen-bond donors (Lipinski definition) is 1. The minimum atomic E-state index is 0.0797. The molecule has 3 heteroatoms. The van der Waals surface area contributed by atoms with Crippen LogP contribution >= 0.6 is 0 Å².